The van der Waals surface area contributed by atoms with E-state index in [0.29, 0.717) is 48.9 Å². The molecule has 2 aromatic rings. The summed E-state index contributed by atoms with van der Waals surface area (Å²) < 4.78 is 12.6. The fourth-order valence-corrected chi connectivity index (χ4v) is 4.05. The molecule has 0 aliphatic carbocycles. The Bertz CT molecular complexity index is 1060. The van der Waals surface area contributed by atoms with E-state index in [1.54, 1.807) is 11.7 Å². The SMILES string of the molecule is COCCCOc1cc2c(nc1CO)-c1cc(=O)c(C(=O)O)cn1[C@@](S)(C(C)(C)C)C2. The van der Waals surface area contributed by atoms with Gasteiger partial charge in [0.2, 0.25) is 0 Å². The molecule has 168 valence electrons. The Morgan fingerprint density at radius 1 is 1.32 bits per heavy atom. The zero-order chi connectivity index (χ0) is 23.0. The number of pyridine rings is 2. The van der Waals surface area contributed by atoms with Gasteiger partial charge in [-0.05, 0) is 17.0 Å². The number of methoxy groups -OCH3 is 1. The summed E-state index contributed by atoms with van der Waals surface area (Å²) in [4.78, 5) is 27.8. The van der Waals surface area contributed by atoms with Crippen LogP contribution in [-0.4, -0.2) is 46.1 Å². The lowest BCUT2D eigenvalue weighted by atomic mass is 9.78. The maximum Gasteiger partial charge on any atom is 0.341 e. The maximum atomic E-state index is 12.5. The van der Waals surface area contributed by atoms with Crippen LogP contribution in [0, 0.1) is 5.41 Å². The normalized spacial score (nSPS) is 17.7. The highest BCUT2D eigenvalue weighted by Crippen LogP contribution is 2.49. The van der Waals surface area contributed by atoms with E-state index < -0.39 is 21.7 Å². The van der Waals surface area contributed by atoms with Crippen molar-refractivity contribution < 1.29 is 24.5 Å². The fourth-order valence-electron chi connectivity index (χ4n) is 3.71. The Morgan fingerprint density at radius 2 is 2.03 bits per heavy atom. The van der Waals surface area contributed by atoms with Crippen molar-refractivity contribution in [2.75, 3.05) is 20.3 Å². The highest BCUT2D eigenvalue weighted by Gasteiger charge is 2.45. The number of ether oxygens (including phenoxy) is 2. The summed E-state index contributed by atoms with van der Waals surface area (Å²) in [5.41, 5.74) is 0.797. The van der Waals surface area contributed by atoms with E-state index in [0.717, 1.165) is 5.56 Å². The van der Waals surface area contributed by atoms with Gasteiger partial charge in [0, 0.05) is 38.8 Å². The van der Waals surface area contributed by atoms with Gasteiger partial charge in [-0.25, -0.2) is 9.78 Å². The zero-order valence-electron chi connectivity index (χ0n) is 18.1. The average molecular weight is 449 g/mol. The van der Waals surface area contributed by atoms with Crippen LogP contribution >= 0.6 is 12.6 Å². The number of fused-ring (bicyclic) bond motifs is 3. The molecule has 0 spiro atoms. The number of aliphatic hydroxyl groups is 1. The number of carboxylic acids is 1. The van der Waals surface area contributed by atoms with E-state index >= 15 is 0 Å². The van der Waals surface area contributed by atoms with Gasteiger partial charge in [-0.1, -0.05) is 20.8 Å². The van der Waals surface area contributed by atoms with Crippen LogP contribution in [0.2, 0.25) is 0 Å². The number of carboxylic acid groups (broad SMARTS) is 1. The first-order chi connectivity index (χ1) is 14.5. The number of thiol groups is 1. The molecule has 3 rings (SSSR count). The van der Waals surface area contributed by atoms with E-state index in [-0.39, 0.29) is 12.2 Å². The number of aliphatic hydroxyl groups excluding tert-OH is 1. The molecule has 0 saturated carbocycles. The summed E-state index contributed by atoms with van der Waals surface area (Å²) in [5, 5.41) is 19.3. The van der Waals surface area contributed by atoms with Crippen LogP contribution in [0.4, 0.5) is 0 Å². The van der Waals surface area contributed by atoms with E-state index in [1.165, 1.54) is 12.3 Å². The Hall–Kier alpha value is -2.36. The molecule has 0 amide bonds. The topological polar surface area (TPSA) is 111 Å². The van der Waals surface area contributed by atoms with Crippen LogP contribution in [0.1, 0.15) is 48.8 Å². The van der Waals surface area contributed by atoms with Crippen molar-refractivity contribution in [3.63, 3.8) is 0 Å². The largest absolute Gasteiger partial charge is 0.491 e. The molecular formula is C22H28N2O6S. The molecule has 1 aliphatic heterocycles. The number of rotatable bonds is 7. The molecule has 3 heterocycles. The maximum absolute atomic E-state index is 12.5. The van der Waals surface area contributed by atoms with Crippen molar-refractivity contribution >= 4 is 18.6 Å². The van der Waals surface area contributed by atoms with Crippen LogP contribution in [0.15, 0.2) is 23.1 Å². The van der Waals surface area contributed by atoms with E-state index in [2.05, 4.69) is 4.98 Å². The van der Waals surface area contributed by atoms with Gasteiger partial charge in [0.05, 0.1) is 29.5 Å². The molecule has 0 fully saturated rings. The van der Waals surface area contributed by atoms with E-state index in [9.17, 15) is 19.8 Å². The lowest BCUT2D eigenvalue weighted by molar-refractivity contribution is 0.0693. The third-order valence-electron chi connectivity index (χ3n) is 5.60. The molecule has 2 aromatic heterocycles. The summed E-state index contributed by atoms with van der Waals surface area (Å²) in [6.07, 6.45) is 2.46. The highest BCUT2D eigenvalue weighted by molar-refractivity contribution is 7.81. The lowest BCUT2D eigenvalue weighted by Gasteiger charge is -2.47. The van der Waals surface area contributed by atoms with Crippen LogP contribution < -0.4 is 10.2 Å². The number of hydrogen-bond donors (Lipinski definition) is 3. The van der Waals surface area contributed by atoms with Gasteiger partial charge < -0.3 is 24.3 Å². The van der Waals surface area contributed by atoms with Gasteiger partial charge in [-0.3, -0.25) is 4.79 Å². The van der Waals surface area contributed by atoms with Crippen LogP contribution in [0.25, 0.3) is 11.4 Å². The number of aromatic carboxylic acids is 1. The number of aromatic nitrogens is 2. The minimum Gasteiger partial charge on any atom is -0.491 e. The van der Waals surface area contributed by atoms with Gasteiger partial charge >= 0.3 is 5.97 Å². The third-order valence-corrected chi connectivity index (χ3v) is 6.65. The quantitative estimate of drug-likeness (QED) is 0.441. The summed E-state index contributed by atoms with van der Waals surface area (Å²) in [7, 11) is 1.62. The highest BCUT2D eigenvalue weighted by atomic mass is 32.1. The molecule has 1 atom stereocenters. The molecule has 31 heavy (non-hydrogen) atoms. The third kappa shape index (κ3) is 4.22. The summed E-state index contributed by atoms with van der Waals surface area (Å²) in [5.74, 6) is -0.820. The molecule has 0 bridgehead atoms. The number of hydrogen-bond acceptors (Lipinski definition) is 7. The van der Waals surface area contributed by atoms with Gasteiger partial charge in [0.15, 0.2) is 5.43 Å². The van der Waals surface area contributed by atoms with E-state index in [1.807, 2.05) is 26.8 Å². The molecule has 1 aliphatic rings. The molecule has 9 heteroatoms. The van der Waals surface area contributed by atoms with Gasteiger partial charge in [-0.2, -0.15) is 12.6 Å². The second-order valence-corrected chi connectivity index (χ2v) is 9.39. The minimum atomic E-state index is -1.29. The second kappa shape index (κ2) is 8.64. The zero-order valence-corrected chi connectivity index (χ0v) is 19.0. The monoisotopic (exact) mass is 448 g/mol. The van der Waals surface area contributed by atoms with Gasteiger partial charge in [-0.15, -0.1) is 0 Å². The molecular weight excluding hydrogens is 420 g/mol. The summed E-state index contributed by atoms with van der Waals surface area (Å²) in [6.45, 7) is 6.64. The number of nitrogens with zero attached hydrogens (tertiary/aromatic N) is 2. The molecule has 2 N–H and O–H groups in total. The Balaban J connectivity index is 2.21. The van der Waals surface area contributed by atoms with Gasteiger partial charge in [0.1, 0.15) is 17.0 Å². The van der Waals surface area contributed by atoms with Crippen molar-refractivity contribution in [1.29, 1.82) is 0 Å². The molecule has 0 unspecified atom stereocenters. The minimum absolute atomic E-state index is 0.324. The van der Waals surface area contributed by atoms with Crippen molar-refractivity contribution in [3.05, 3.63) is 45.4 Å². The second-order valence-electron chi connectivity index (χ2n) is 8.65. The molecule has 0 aromatic carbocycles. The molecule has 8 nitrogen and oxygen atoms in total. The Labute approximate surface area is 186 Å². The fraction of sp³-hybridized carbons (Fsp3) is 0.500. The van der Waals surface area contributed by atoms with Gasteiger partial charge in [0.25, 0.3) is 0 Å². The summed E-state index contributed by atoms with van der Waals surface area (Å²) >= 11 is 5.00. The van der Waals surface area contributed by atoms with Crippen molar-refractivity contribution in [1.82, 2.24) is 9.55 Å². The first-order valence-corrected chi connectivity index (χ1v) is 10.5. The summed E-state index contributed by atoms with van der Waals surface area (Å²) in [6, 6.07) is 3.11. The molecule has 0 radical (unpaired) electrons. The predicted molar refractivity (Wildman–Crippen MR) is 119 cm³/mol. The predicted octanol–water partition coefficient (Wildman–Crippen LogP) is 2.70. The lowest BCUT2D eigenvalue weighted by Crippen LogP contribution is -2.46. The average Bonchev–Trinajstić information content (AvgIpc) is 2.69. The smallest absolute Gasteiger partial charge is 0.341 e. The van der Waals surface area contributed by atoms with Crippen LogP contribution in [0.5, 0.6) is 5.75 Å². The Kier molecular flexibility index (Phi) is 6.50. The van der Waals surface area contributed by atoms with E-state index in [4.69, 9.17) is 22.1 Å². The van der Waals surface area contributed by atoms with Crippen LogP contribution in [0.3, 0.4) is 0 Å². The van der Waals surface area contributed by atoms with Crippen molar-refractivity contribution in [3.8, 4) is 17.1 Å². The molecule has 0 saturated heterocycles. The first-order valence-electron chi connectivity index (χ1n) is 10.0. The first kappa shape index (κ1) is 23.3. The number of carbonyl (C=O) groups is 1. The van der Waals surface area contributed by atoms with Crippen molar-refractivity contribution in [2.45, 2.75) is 45.1 Å². The standard InChI is InChI=1S/C22H28N2O6S/c1-21(2,3)22(31)10-13-8-18(30-7-5-6-29-4)15(12-25)23-19(13)16-9-17(26)14(20(27)28)11-24(16)22/h8-9,11,25,31H,5-7,10,12H2,1-4H3,(H,27,28)/t22-/m0/s1. The van der Waals surface area contributed by atoms with Crippen LogP contribution in [-0.2, 0) is 22.6 Å². The van der Waals surface area contributed by atoms with Crippen molar-refractivity contribution in [2.24, 2.45) is 5.41 Å². The Morgan fingerprint density at radius 3 is 2.61 bits per heavy atom.